The van der Waals surface area contributed by atoms with Crippen molar-refractivity contribution in [1.29, 1.82) is 0 Å². The molecule has 0 spiro atoms. The van der Waals surface area contributed by atoms with E-state index >= 15 is 0 Å². The summed E-state index contributed by atoms with van der Waals surface area (Å²) in [4.78, 5) is 0. The molecule has 0 unspecified atom stereocenters. The standard InChI is InChI=1S/C8H14N2OS/c1-6(2)10-8(11)4-7(9-10)5-12-3/h4,6,11H,5H2,1-3H3. The summed E-state index contributed by atoms with van der Waals surface area (Å²) in [5.41, 5.74) is 0.939. The Balaban J connectivity index is 2.85. The fraction of sp³-hybridized carbons (Fsp3) is 0.625. The van der Waals surface area contributed by atoms with Crippen LogP contribution in [0.3, 0.4) is 0 Å². The second-order valence-corrected chi connectivity index (χ2v) is 3.83. The Morgan fingerprint density at radius 3 is 2.75 bits per heavy atom. The largest absolute Gasteiger partial charge is 0.493 e. The summed E-state index contributed by atoms with van der Waals surface area (Å²) in [7, 11) is 0. The third kappa shape index (κ3) is 1.94. The topological polar surface area (TPSA) is 38.0 Å². The van der Waals surface area contributed by atoms with Gasteiger partial charge in [-0.1, -0.05) is 0 Å². The first kappa shape index (κ1) is 9.45. The maximum absolute atomic E-state index is 9.42. The van der Waals surface area contributed by atoms with Gasteiger partial charge < -0.3 is 5.11 Å². The lowest BCUT2D eigenvalue weighted by molar-refractivity contribution is 0.377. The van der Waals surface area contributed by atoms with E-state index in [1.807, 2.05) is 20.1 Å². The van der Waals surface area contributed by atoms with Gasteiger partial charge in [0.1, 0.15) is 0 Å². The minimum absolute atomic E-state index is 0.223. The van der Waals surface area contributed by atoms with E-state index in [9.17, 15) is 5.11 Å². The van der Waals surface area contributed by atoms with E-state index in [0.29, 0.717) is 0 Å². The minimum Gasteiger partial charge on any atom is -0.493 e. The molecule has 0 aliphatic rings. The molecule has 0 amide bonds. The molecule has 68 valence electrons. The third-order valence-corrected chi connectivity index (χ3v) is 2.13. The van der Waals surface area contributed by atoms with Crippen molar-refractivity contribution >= 4 is 11.8 Å². The summed E-state index contributed by atoms with van der Waals surface area (Å²) in [5.74, 6) is 1.11. The summed E-state index contributed by atoms with van der Waals surface area (Å²) < 4.78 is 1.63. The zero-order valence-corrected chi connectivity index (χ0v) is 8.43. The zero-order valence-electron chi connectivity index (χ0n) is 7.61. The molecule has 1 heterocycles. The molecule has 0 saturated heterocycles. The highest BCUT2D eigenvalue weighted by atomic mass is 32.2. The number of aromatic hydroxyl groups is 1. The first-order chi connectivity index (χ1) is 5.65. The van der Waals surface area contributed by atoms with Gasteiger partial charge in [-0.15, -0.1) is 0 Å². The molecule has 1 N–H and O–H groups in total. The Bertz CT molecular complexity index is 258. The van der Waals surface area contributed by atoms with Gasteiger partial charge in [-0.3, -0.25) is 0 Å². The van der Waals surface area contributed by atoms with Crippen LogP contribution in [-0.4, -0.2) is 21.1 Å². The van der Waals surface area contributed by atoms with E-state index in [0.717, 1.165) is 11.4 Å². The van der Waals surface area contributed by atoms with Crippen molar-refractivity contribution in [3.05, 3.63) is 11.8 Å². The maximum atomic E-state index is 9.42. The molecule has 12 heavy (non-hydrogen) atoms. The van der Waals surface area contributed by atoms with Crippen LogP contribution in [-0.2, 0) is 5.75 Å². The summed E-state index contributed by atoms with van der Waals surface area (Å²) in [6.07, 6.45) is 2.02. The van der Waals surface area contributed by atoms with Crippen molar-refractivity contribution in [2.24, 2.45) is 0 Å². The third-order valence-electron chi connectivity index (χ3n) is 1.55. The second kappa shape index (κ2) is 3.85. The van der Waals surface area contributed by atoms with E-state index in [-0.39, 0.29) is 11.9 Å². The van der Waals surface area contributed by atoms with E-state index < -0.39 is 0 Å². The van der Waals surface area contributed by atoms with E-state index in [4.69, 9.17) is 0 Å². The lowest BCUT2D eigenvalue weighted by Crippen LogP contribution is -2.02. The van der Waals surface area contributed by atoms with Crippen molar-refractivity contribution in [2.75, 3.05) is 6.26 Å². The fourth-order valence-electron chi connectivity index (χ4n) is 1.03. The summed E-state index contributed by atoms with van der Waals surface area (Å²) in [6.45, 7) is 3.99. The molecular formula is C8H14N2OS. The Labute approximate surface area is 76.8 Å². The van der Waals surface area contributed by atoms with Crippen molar-refractivity contribution in [2.45, 2.75) is 25.6 Å². The van der Waals surface area contributed by atoms with Crippen molar-refractivity contribution in [1.82, 2.24) is 9.78 Å². The minimum atomic E-state index is 0.223. The number of nitrogens with zero attached hydrogens (tertiary/aromatic N) is 2. The normalized spacial score (nSPS) is 11.0. The van der Waals surface area contributed by atoms with Gasteiger partial charge in [0.25, 0.3) is 0 Å². The molecule has 0 fully saturated rings. The molecule has 0 aliphatic carbocycles. The van der Waals surface area contributed by atoms with Crippen LogP contribution in [0.25, 0.3) is 0 Å². The molecule has 1 aromatic rings. The SMILES string of the molecule is CSCc1cc(O)n(C(C)C)n1. The number of hydrogen-bond donors (Lipinski definition) is 1. The Morgan fingerprint density at radius 1 is 1.67 bits per heavy atom. The molecule has 0 bridgehead atoms. The molecule has 1 aromatic heterocycles. The molecule has 4 heteroatoms. The highest BCUT2D eigenvalue weighted by Crippen LogP contribution is 2.18. The van der Waals surface area contributed by atoms with Gasteiger partial charge in [0, 0.05) is 11.8 Å². The Hall–Kier alpha value is -0.640. The van der Waals surface area contributed by atoms with Crippen LogP contribution in [0, 0.1) is 0 Å². The van der Waals surface area contributed by atoms with Crippen molar-refractivity contribution in [3.8, 4) is 5.88 Å². The van der Waals surface area contributed by atoms with Crippen LogP contribution in [0.4, 0.5) is 0 Å². The van der Waals surface area contributed by atoms with Crippen LogP contribution >= 0.6 is 11.8 Å². The van der Waals surface area contributed by atoms with Crippen LogP contribution in [0.5, 0.6) is 5.88 Å². The number of aromatic nitrogens is 2. The van der Waals surface area contributed by atoms with Gasteiger partial charge in [-0.2, -0.15) is 16.9 Å². The second-order valence-electron chi connectivity index (χ2n) is 2.97. The number of hydrogen-bond acceptors (Lipinski definition) is 3. The van der Waals surface area contributed by atoms with Gasteiger partial charge in [0.15, 0.2) is 0 Å². The van der Waals surface area contributed by atoms with Crippen LogP contribution in [0.15, 0.2) is 6.07 Å². The lowest BCUT2D eigenvalue weighted by Gasteiger charge is -2.05. The first-order valence-corrected chi connectivity index (χ1v) is 5.31. The predicted octanol–water partition coefficient (Wildman–Crippen LogP) is 2.03. The average Bonchev–Trinajstić information content (AvgIpc) is 2.32. The zero-order chi connectivity index (χ0) is 9.14. The van der Waals surface area contributed by atoms with E-state index in [1.165, 1.54) is 0 Å². The smallest absolute Gasteiger partial charge is 0.209 e. The molecule has 1 rings (SSSR count). The fourth-order valence-corrected chi connectivity index (χ4v) is 1.47. The molecule has 3 nitrogen and oxygen atoms in total. The van der Waals surface area contributed by atoms with Crippen molar-refractivity contribution < 1.29 is 5.11 Å². The van der Waals surface area contributed by atoms with Gasteiger partial charge in [-0.05, 0) is 20.1 Å². The summed E-state index contributed by atoms with van der Waals surface area (Å²) in [6, 6.07) is 1.94. The average molecular weight is 186 g/mol. The number of rotatable bonds is 3. The van der Waals surface area contributed by atoms with Gasteiger partial charge in [0.2, 0.25) is 5.88 Å². The Kier molecular flexibility index (Phi) is 3.03. The quantitative estimate of drug-likeness (QED) is 0.785. The highest BCUT2D eigenvalue weighted by molar-refractivity contribution is 7.97. The van der Waals surface area contributed by atoms with E-state index in [1.54, 1.807) is 22.5 Å². The summed E-state index contributed by atoms with van der Waals surface area (Å²) in [5, 5.41) is 13.7. The molecular weight excluding hydrogens is 172 g/mol. The summed E-state index contributed by atoms with van der Waals surface area (Å²) >= 11 is 1.70. The van der Waals surface area contributed by atoms with Crippen LogP contribution < -0.4 is 0 Å². The highest BCUT2D eigenvalue weighted by Gasteiger charge is 2.07. The first-order valence-electron chi connectivity index (χ1n) is 3.91. The lowest BCUT2D eigenvalue weighted by atomic mass is 10.4. The van der Waals surface area contributed by atoms with E-state index in [2.05, 4.69) is 5.10 Å². The molecule has 0 saturated carbocycles. The molecule has 0 atom stereocenters. The monoisotopic (exact) mass is 186 g/mol. The maximum Gasteiger partial charge on any atom is 0.209 e. The van der Waals surface area contributed by atoms with Gasteiger partial charge >= 0.3 is 0 Å². The van der Waals surface area contributed by atoms with Crippen LogP contribution in [0.1, 0.15) is 25.6 Å². The predicted molar refractivity (Wildman–Crippen MR) is 51.5 cm³/mol. The van der Waals surface area contributed by atoms with Gasteiger partial charge in [0.05, 0.1) is 11.7 Å². The Morgan fingerprint density at radius 2 is 2.33 bits per heavy atom. The molecule has 0 aliphatic heterocycles. The van der Waals surface area contributed by atoms with Crippen molar-refractivity contribution in [3.63, 3.8) is 0 Å². The van der Waals surface area contributed by atoms with Crippen LogP contribution in [0.2, 0.25) is 0 Å². The molecule has 0 aromatic carbocycles. The number of thioether (sulfide) groups is 1. The molecule has 0 radical (unpaired) electrons. The van der Waals surface area contributed by atoms with Gasteiger partial charge in [-0.25, -0.2) is 4.68 Å².